The molecule has 3 aromatic rings. The minimum atomic E-state index is 0.119. The Morgan fingerprint density at radius 1 is 1.03 bits per heavy atom. The van der Waals surface area contributed by atoms with Crippen LogP contribution >= 0.6 is 0 Å². The van der Waals surface area contributed by atoms with Crippen molar-refractivity contribution in [3.05, 3.63) is 65.9 Å². The molecule has 158 valence electrons. The summed E-state index contributed by atoms with van der Waals surface area (Å²) >= 11 is 0. The number of ether oxygens (including phenoxy) is 1. The van der Waals surface area contributed by atoms with Crippen LogP contribution in [0.4, 0.5) is 5.69 Å². The molecule has 1 aliphatic heterocycles. The second-order valence-corrected chi connectivity index (χ2v) is 8.18. The number of hydrogen-bond donors (Lipinski definition) is 0. The van der Waals surface area contributed by atoms with Gasteiger partial charge in [-0.1, -0.05) is 30.3 Å². The average molecular weight is 406 g/mol. The van der Waals surface area contributed by atoms with Crippen molar-refractivity contribution >= 4 is 22.5 Å². The Balaban J connectivity index is 1.43. The molecule has 0 radical (unpaired) electrons. The fraction of sp³-hybridized carbons (Fsp3) is 0.400. The smallest absolute Gasteiger partial charge is 0.256 e. The van der Waals surface area contributed by atoms with Crippen molar-refractivity contribution in [2.45, 2.75) is 25.8 Å². The number of rotatable bonds is 7. The highest BCUT2D eigenvalue weighted by Crippen LogP contribution is 2.24. The minimum Gasteiger partial charge on any atom is -0.378 e. The van der Waals surface area contributed by atoms with Crippen molar-refractivity contribution in [1.82, 2.24) is 9.47 Å². The normalized spacial score (nSPS) is 14.3. The summed E-state index contributed by atoms with van der Waals surface area (Å²) in [6, 6.07) is 17.0. The van der Waals surface area contributed by atoms with Gasteiger partial charge in [0.15, 0.2) is 0 Å². The number of morpholine rings is 1. The molecule has 1 fully saturated rings. The Labute approximate surface area is 178 Å². The predicted molar refractivity (Wildman–Crippen MR) is 122 cm³/mol. The van der Waals surface area contributed by atoms with Gasteiger partial charge in [-0.2, -0.15) is 0 Å². The standard InChI is InChI=1S/C25H31N3O2/c1-26(2)21-10-7-9-20(18-21)8-5-6-13-28-19-23(22-11-3-4-12-24(22)28)25(29)27-14-16-30-17-15-27/h3-4,7,9-12,18-19H,5-6,8,13-17H2,1-2H3. The van der Waals surface area contributed by atoms with E-state index in [1.54, 1.807) is 0 Å². The number of para-hydroxylation sites is 1. The molecule has 4 rings (SSSR count). The van der Waals surface area contributed by atoms with E-state index in [1.165, 1.54) is 11.3 Å². The zero-order chi connectivity index (χ0) is 20.9. The Morgan fingerprint density at radius 2 is 1.83 bits per heavy atom. The molecule has 1 aromatic heterocycles. The van der Waals surface area contributed by atoms with Crippen LogP contribution < -0.4 is 4.90 Å². The van der Waals surface area contributed by atoms with E-state index in [2.05, 4.69) is 72.2 Å². The van der Waals surface area contributed by atoms with Gasteiger partial charge >= 0.3 is 0 Å². The number of amides is 1. The number of carbonyl (C=O) groups excluding carboxylic acids is 1. The monoisotopic (exact) mass is 405 g/mol. The van der Waals surface area contributed by atoms with Gasteiger partial charge in [0.05, 0.1) is 18.8 Å². The third-order valence-corrected chi connectivity index (χ3v) is 5.86. The first-order valence-corrected chi connectivity index (χ1v) is 10.8. The van der Waals surface area contributed by atoms with Gasteiger partial charge in [-0.3, -0.25) is 4.79 Å². The Hall–Kier alpha value is -2.79. The number of unbranched alkanes of at least 4 members (excludes halogenated alkanes) is 1. The number of anilines is 1. The number of nitrogens with zero attached hydrogens (tertiary/aromatic N) is 3. The number of fused-ring (bicyclic) bond motifs is 1. The van der Waals surface area contributed by atoms with Gasteiger partial charge < -0.3 is 19.1 Å². The number of hydrogen-bond acceptors (Lipinski definition) is 3. The van der Waals surface area contributed by atoms with E-state index in [-0.39, 0.29) is 5.91 Å². The van der Waals surface area contributed by atoms with E-state index in [4.69, 9.17) is 4.74 Å². The molecule has 5 heteroatoms. The SMILES string of the molecule is CN(C)c1cccc(CCCCn2cc(C(=O)N3CCOCC3)c3ccccc32)c1. The molecule has 0 spiro atoms. The van der Waals surface area contributed by atoms with Crippen molar-refractivity contribution in [1.29, 1.82) is 0 Å². The summed E-state index contributed by atoms with van der Waals surface area (Å²) in [4.78, 5) is 17.1. The largest absolute Gasteiger partial charge is 0.378 e. The molecule has 1 amide bonds. The molecule has 0 saturated carbocycles. The molecule has 0 aliphatic carbocycles. The zero-order valence-electron chi connectivity index (χ0n) is 18.0. The molecule has 2 aromatic carbocycles. The van der Waals surface area contributed by atoms with Crippen molar-refractivity contribution in [2.75, 3.05) is 45.3 Å². The lowest BCUT2D eigenvalue weighted by atomic mass is 10.1. The minimum absolute atomic E-state index is 0.119. The topological polar surface area (TPSA) is 37.7 Å². The predicted octanol–water partition coefficient (Wildman–Crippen LogP) is 4.20. The van der Waals surface area contributed by atoms with Crippen LogP contribution in [0.1, 0.15) is 28.8 Å². The molecule has 0 atom stereocenters. The Bertz CT molecular complexity index is 1000. The van der Waals surface area contributed by atoms with Gasteiger partial charge in [-0.25, -0.2) is 0 Å². The van der Waals surface area contributed by atoms with E-state index in [0.717, 1.165) is 42.3 Å². The highest BCUT2D eigenvalue weighted by molar-refractivity contribution is 6.07. The van der Waals surface area contributed by atoms with Crippen LogP contribution in [-0.2, 0) is 17.7 Å². The van der Waals surface area contributed by atoms with Crippen LogP contribution in [0, 0.1) is 0 Å². The summed E-state index contributed by atoms with van der Waals surface area (Å²) in [7, 11) is 4.15. The first kappa shape index (κ1) is 20.5. The zero-order valence-corrected chi connectivity index (χ0v) is 18.0. The molecule has 2 heterocycles. The second-order valence-electron chi connectivity index (χ2n) is 8.18. The third kappa shape index (κ3) is 4.51. The Morgan fingerprint density at radius 3 is 2.63 bits per heavy atom. The van der Waals surface area contributed by atoms with Gasteiger partial charge in [-0.05, 0) is 43.0 Å². The van der Waals surface area contributed by atoms with E-state index < -0.39 is 0 Å². The number of benzene rings is 2. The van der Waals surface area contributed by atoms with Gasteiger partial charge in [-0.15, -0.1) is 0 Å². The molecular weight excluding hydrogens is 374 g/mol. The molecule has 1 saturated heterocycles. The first-order chi connectivity index (χ1) is 14.6. The maximum Gasteiger partial charge on any atom is 0.256 e. The van der Waals surface area contributed by atoms with Gasteiger partial charge in [0.25, 0.3) is 5.91 Å². The van der Waals surface area contributed by atoms with Crippen molar-refractivity contribution in [3.8, 4) is 0 Å². The van der Waals surface area contributed by atoms with Crippen LogP contribution in [0.25, 0.3) is 10.9 Å². The van der Waals surface area contributed by atoms with Crippen LogP contribution in [0.3, 0.4) is 0 Å². The quantitative estimate of drug-likeness (QED) is 0.553. The van der Waals surface area contributed by atoms with Crippen LogP contribution in [0.2, 0.25) is 0 Å². The van der Waals surface area contributed by atoms with Crippen molar-refractivity contribution in [2.24, 2.45) is 0 Å². The fourth-order valence-corrected chi connectivity index (χ4v) is 4.14. The summed E-state index contributed by atoms with van der Waals surface area (Å²) in [5.74, 6) is 0.119. The average Bonchev–Trinajstić information content (AvgIpc) is 3.16. The lowest BCUT2D eigenvalue weighted by Gasteiger charge is -2.26. The fourth-order valence-electron chi connectivity index (χ4n) is 4.14. The molecule has 0 N–H and O–H groups in total. The molecule has 5 nitrogen and oxygen atoms in total. The van der Waals surface area contributed by atoms with E-state index in [9.17, 15) is 4.79 Å². The van der Waals surface area contributed by atoms with Gasteiger partial charge in [0.1, 0.15) is 0 Å². The summed E-state index contributed by atoms with van der Waals surface area (Å²) in [6.45, 7) is 3.51. The van der Waals surface area contributed by atoms with Crippen LogP contribution in [-0.4, -0.2) is 55.8 Å². The lowest BCUT2D eigenvalue weighted by molar-refractivity contribution is 0.0304. The summed E-state index contributed by atoms with van der Waals surface area (Å²) in [6.07, 6.45) is 5.32. The lowest BCUT2D eigenvalue weighted by Crippen LogP contribution is -2.40. The van der Waals surface area contributed by atoms with Crippen LogP contribution in [0.15, 0.2) is 54.7 Å². The summed E-state index contributed by atoms with van der Waals surface area (Å²) < 4.78 is 7.65. The maximum atomic E-state index is 13.1. The first-order valence-electron chi connectivity index (χ1n) is 10.8. The van der Waals surface area contributed by atoms with Gasteiger partial charge in [0.2, 0.25) is 0 Å². The van der Waals surface area contributed by atoms with Crippen LogP contribution in [0.5, 0.6) is 0 Å². The molecule has 1 aliphatic rings. The van der Waals surface area contributed by atoms with Crippen molar-refractivity contribution < 1.29 is 9.53 Å². The Kier molecular flexibility index (Phi) is 6.38. The van der Waals surface area contributed by atoms with E-state index in [1.807, 2.05) is 11.0 Å². The number of aryl methyl sites for hydroxylation is 2. The summed E-state index contributed by atoms with van der Waals surface area (Å²) in [5.41, 5.74) is 4.58. The number of aromatic nitrogens is 1. The van der Waals surface area contributed by atoms with E-state index >= 15 is 0 Å². The highest BCUT2D eigenvalue weighted by atomic mass is 16.5. The highest BCUT2D eigenvalue weighted by Gasteiger charge is 2.22. The second kappa shape index (κ2) is 9.35. The van der Waals surface area contributed by atoms with E-state index in [0.29, 0.717) is 26.3 Å². The molecule has 0 bridgehead atoms. The molecular formula is C25H31N3O2. The molecule has 0 unspecified atom stereocenters. The third-order valence-electron chi connectivity index (χ3n) is 5.86. The van der Waals surface area contributed by atoms with Crippen molar-refractivity contribution in [3.63, 3.8) is 0 Å². The van der Waals surface area contributed by atoms with Gasteiger partial charge in [0, 0.05) is 56.5 Å². The number of carbonyl (C=O) groups is 1. The maximum absolute atomic E-state index is 13.1. The molecule has 30 heavy (non-hydrogen) atoms. The summed E-state index contributed by atoms with van der Waals surface area (Å²) in [5, 5.41) is 1.05.